The Balaban J connectivity index is 1.63. The molecular formula is C27H25F6N3O2. The zero-order chi connectivity index (χ0) is 27.9. The summed E-state index contributed by atoms with van der Waals surface area (Å²) >= 11 is 0. The molecule has 1 aliphatic heterocycles. The number of carbonyl (C=O) groups excluding carboxylic acids is 1. The second-order valence-electron chi connectivity index (χ2n) is 9.67. The second kappa shape index (κ2) is 9.94. The molecule has 38 heavy (non-hydrogen) atoms. The van der Waals surface area contributed by atoms with Crippen molar-refractivity contribution in [2.45, 2.75) is 57.4 Å². The highest BCUT2D eigenvalue weighted by Gasteiger charge is 2.43. The van der Waals surface area contributed by atoms with Crippen molar-refractivity contribution in [1.29, 1.82) is 0 Å². The summed E-state index contributed by atoms with van der Waals surface area (Å²) in [6.07, 6.45) is -7.96. The zero-order valence-electron chi connectivity index (χ0n) is 20.7. The second-order valence-corrected chi connectivity index (χ2v) is 9.67. The van der Waals surface area contributed by atoms with Crippen LogP contribution in [0.2, 0.25) is 0 Å². The van der Waals surface area contributed by atoms with Gasteiger partial charge >= 0.3 is 12.5 Å². The molecule has 1 amide bonds. The number of amides is 1. The average molecular weight is 538 g/mol. The summed E-state index contributed by atoms with van der Waals surface area (Å²) in [6, 6.07) is 13.6. The maximum absolute atomic E-state index is 13.7. The van der Waals surface area contributed by atoms with E-state index < -0.39 is 41.6 Å². The van der Waals surface area contributed by atoms with Gasteiger partial charge in [0.05, 0.1) is 12.1 Å². The number of anilines is 1. The van der Waals surface area contributed by atoms with E-state index in [9.17, 15) is 31.1 Å². The first-order valence-electron chi connectivity index (χ1n) is 11.7. The molecule has 1 aliphatic rings. The van der Waals surface area contributed by atoms with E-state index in [0.29, 0.717) is 17.7 Å². The van der Waals surface area contributed by atoms with Crippen molar-refractivity contribution in [3.05, 3.63) is 89.2 Å². The number of halogens is 6. The Hall–Kier alpha value is -3.60. The van der Waals surface area contributed by atoms with Crippen LogP contribution < -0.4 is 15.0 Å². The van der Waals surface area contributed by atoms with Gasteiger partial charge in [0.15, 0.2) is 0 Å². The molecule has 4 rings (SSSR count). The number of pyridine rings is 1. The fraction of sp³-hybridized carbons (Fsp3) is 0.333. The number of alkyl halides is 6. The van der Waals surface area contributed by atoms with Crippen molar-refractivity contribution >= 4 is 11.6 Å². The van der Waals surface area contributed by atoms with Crippen molar-refractivity contribution in [3.63, 3.8) is 0 Å². The number of nitrogens with zero attached hydrogens (tertiary/aromatic N) is 2. The predicted octanol–water partition coefficient (Wildman–Crippen LogP) is 6.68. The lowest BCUT2D eigenvalue weighted by Gasteiger charge is -2.30. The maximum atomic E-state index is 13.7. The minimum atomic E-state index is -4.84. The largest absolute Gasteiger partial charge is 0.573 e. The molecule has 0 radical (unpaired) electrons. The summed E-state index contributed by atoms with van der Waals surface area (Å²) in [6.45, 7) is 5.38. The van der Waals surface area contributed by atoms with Gasteiger partial charge in [-0.2, -0.15) is 13.2 Å². The molecule has 202 valence electrons. The molecule has 3 aromatic rings. The Bertz CT molecular complexity index is 1290. The van der Waals surface area contributed by atoms with Crippen LogP contribution in [0.15, 0.2) is 66.9 Å². The van der Waals surface area contributed by atoms with Crippen molar-refractivity contribution in [2.24, 2.45) is 0 Å². The molecule has 0 bridgehead atoms. The fourth-order valence-electron chi connectivity index (χ4n) is 4.60. The van der Waals surface area contributed by atoms with Crippen LogP contribution in [0, 0.1) is 6.92 Å². The van der Waals surface area contributed by atoms with Crippen LogP contribution in [0.1, 0.15) is 48.7 Å². The topological polar surface area (TPSA) is 54.5 Å². The van der Waals surface area contributed by atoms with Gasteiger partial charge in [0, 0.05) is 17.4 Å². The molecule has 1 saturated heterocycles. The number of nitrogens with one attached hydrogen (secondary N) is 1. The molecule has 1 aromatic heterocycles. The Morgan fingerprint density at radius 2 is 1.66 bits per heavy atom. The van der Waals surface area contributed by atoms with Crippen molar-refractivity contribution < 1.29 is 35.9 Å². The Kier molecular flexibility index (Phi) is 7.17. The molecule has 2 aromatic carbocycles. The van der Waals surface area contributed by atoms with E-state index in [1.165, 1.54) is 23.1 Å². The normalized spacial score (nSPS) is 18.7. The Morgan fingerprint density at radius 1 is 0.974 bits per heavy atom. The van der Waals surface area contributed by atoms with Gasteiger partial charge in [-0.25, -0.2) is 0 Å². The third-order valence-electron chi connectivity index (χ3n) is 6.39. The third-order valence-corrected chi connectivity index (χ3v) is 6.39. The summed E-state index contributed by atoms with van der Waals surface area (Å²) in [5.41, 5.74) is 0.711. The van der Waals surface area contributed by atoms with Crippen LogP contribution in [-0.4, -0.2) is 23.3 Å². The SMILES string of the molecule is Cc1cccc([C@@H]2C[C@H](NC(C)(C)c3ccc(C(F)(F)F)nc3)C(=O)N2c2ccc(OC(F)(F)F)cc2)c1. The number of hydrogen-bond acceptors (Lipinski definition) is 4. The molecule has 0 aliphatic carbocycles. The minimum absolute atomic E-state index is 0.320. The first-order valence-corrected chi connectivity index (χ1v) is 11.7. The Labute approximate surface area is 215 Å². The number of carbonyl (C=O) groups is 1. The third kappa shape index (κ3) is 6.09. The number of hydrogen-bond donors (Lipinski definition) is 1. The average Bonchev–Trinajstić information content (AvgIpc) is 3.13. The van der Waals surface area contributed by atoms with E-state index in [0.717, 1.165) is 35.5 Å². The first-order chi connectivity index (χ1) is 17.6. The van der Waals surface area contributed by atoms with Crippen LogP contribution >= 0.6 is 0 Å². The van der Waals surface area contributed by atoms with Crippen LogP contribution in [0.5, 0.6) is 5.75 Å². The van der Waals surface area contributed by atoms with E-state index in [-0.39, 0.29) is 5.91 Å². The highest BCUT2D eigenvalue weighted by Crippen LogP contribution is 2.40. The smallest absolute Gasteiger partial charge is 0.406 e. The summed E-state index contributed by atoms with van der Waals surface area (Å²) in [4.78, 5) is 18.7. The van der Waals surface area contributed by atoms with Gasteiger partial charge in [-0.15, -0.1) is 13.2 Å². The standard InChI is InChI=1S/C27H25F6N3O2/c1-16-5-4-6-17(13-16)22-14-21(35-25(2,3)18-7-12-23(34-15-18)26(28,29)30)24(37)36(22)19-8-10-20(11-9-19)38-27(31,32)33/h4-13,15,21-22,35H,14H2,1-3H3/t21-,22-/m0/s1. The first kappa shape index (κ1) is 27.4. The summed E-state index contributed by atoms with van der Waals surface area (Å²) in [5, 5.41) is 3.25. The van der Waals surface area contributed by atoms with Gasteiger partial charge in [0.2, 0.25) is 5.91 Å². The summed E-state index contributed by atoms with van der Waals surface area (Å²) in [5.74, 6) is -0.737. The van der Waals surface area contributed by atoms with Gasteiger partial charge in [0.1, 0.15) is 11.4 Å². The molecule has 2 heterocycles. The van der Waals surface area contributed by atoms with Gasteiger partial charge < -0.3 is 9.64 Å². The Morgan fingerprint density at radius 3 is 2.21 bits per heavy atom. The van der Waals surface area contributed by atoms with E-state index >= 15 is 0 Å². The number of aromatic nitrogens is 1. The molecule has 0 unspecified atom stereocenters. The summed E-state index contributed by atoms with van der Waals surface area (Å²) in [7, 11) is 0. The lowest BCUT2D eigenvalue weighted by Crippen LogP contribution is -2.47. The highest BCUT2D eigenvalue weighted by atomic mass is 19.4. The lowest BCUT2D eigenvalue weighted by atomic mass is 9.93. The fourth-order valence-corrected chi connectivity index (χ4v) is 4.60. The van der Waals surface area contributed by atoms with Crippen LogP contribution in [0.3, 0.4) is 0 Å². The predicted molar refractivity (Wildman–Crippen MR) is 128 cm³/mol. The number of rotatable bonds is 6. The van der Waals surface area contributed by atoms with E-state index in [4.69, 9.17) is 0 Å². The molecule has 0 saturated carbocycles. The quantitative estimate of drug-likeness (QED) is 0.357. The molecule has 0 spiro atoms. The van der Waals surface area contributed by atoms with Crippen molar-refractivity contribution in [1.82, 2.24) is 10.3 Å². The molecule has 1 fully saturated rings. The maximum Gasteiger partial charge on any atom is 0.573 e. The molecule has 1 N–H and O–H groups in total. The number of aryl methyl sites for hydroxylation is 1. The zero-order valence-corrected chi connectivity index (χ0v) is 20.7. The number of ether oxygens (including phenoxy) is 1. The monoisotopic (exact) mass is 537 g/mol. The van der Waals surface area contributed by atoms with Gasteiger partial charge in [0.25, 0.3) is 0 Å². The number of benzene rings is 2. The molecule has 11 heteroatoms. The molecule has 2 atom stereocenters. The van der Waals surface area contributed by atoms with Crippen molar-refractivity contribution in [3.8, 4) is 5.75 Å². The summed E-state index contributed by atoms with van der Waals surface area (Å²) < 4.78 is 80.6. The van der Waals surface area contributed by atoms with Gasteiger partial charge in [-0.3, -0.25) is 15.1 Å². The van der Waals surface area contributed by atoms with Gasteiger partial charge in [-0.05, 0) is 68.7 Å². The van der Waals surface area contributed by atoms with Crippen LogP contribution in [-0.2, 0) is 16.5 Å². The van der Waals surface area contributed by atoms with Crippen LogP contribution in [0.25, 0.3) is 0 Å². The molecular weight excluding hydrogens is 512 g/mol. The van der Waals surface area contributed by atoms with Crippen LogP contribution in [0.4, 0.5) is 32.0 Å². The van der Waals surface area contributed by atoms with E-state index in [1.54, 1.807) is 13.8 Å². The highest BCUT2D eigenvalue weighted by molar-refractivity contribution is 6.00. The van der Waals surface area contributed by atoms with Gasteiger partial charge in [-0.1, -0.05) is 35.9 Å². The van der Waals surface area contributed by atoms with Crippen molar-refractivity contribution in [2.75, 3.05) is 4.90 Å². The molecule has 5 nitrogen and oxygen atoms in total. The lowest BCUT2D eigenvalue weighted by molar-refractivity contribution is -0.274. The minimum Gasteiger partial charge on any atom is -0.406 e. The van der Waals surface area contributed by atoms with E-state index in [1.807, 2.05) is 31.2 Å². The van der Waals surface area contributed by atoms with E-state index in [2.05, 4.69) is 15.0 Å².